The molecule has 0 N–H and O–H groups in total. The number of aromatic nitrogens is 1. The van der Waals surface area contributed by atoms with Crippen LogP contribution < -0.4 is 0 Å². The van der Waals surface area contributed by atoms with Crippen molar-refractivity contribution in [3.8, 4) is 0 Å². The Balaban J connectivity index is 1.96. The lowest BCUT2D eigenvalue weighted by Gasteiger charge is -2.24. The van der Waals surface area contributed by atoms with E-state index < -0.39 is 0 Å². The van der Waals surface area contributed by atoms with Gasteiger partial charge in [-0.05, 0) is 18.8 Å². The van der Waals surface area contributed by atoms with Crippen molar-refractivity contribution in [2.75, 3.05) is 5.88 Å². The predicted octanol–water partition coefficient (Wildman–Crippen LogP) is 4.22. The zero-order valence-electron chi connectivity index (χ0n) is 9.21. The van der Waals surface area contributed by atoms with Crippen molar-refractivity contribution in [2.45, 2.75) is 44.9 Å². The van der Waals surface area contributed by atoms with Crippen LogP contribution in [0.5, 0.6) is 0 Å². The lowest BCUT2D eigenvalue weighted by atomic mass is 9.83. The molecule has 1 nitrogen and oxygen atoms in total. The van der Waals surface area contributed by atoms with Crippen molar-refractivity contribution in [3.05, 3.63) is 16.1 Å². The number of thiazole rings is 1. The Morgan fingerprint density at radius 1 is 1.40 bits per heavy atom. The van der Waals surface area contributed by atoms with Gasteiger partial charge in [0.05, 0.1) is 10.7 Å². The van der Waals surface area contributed by atoms with Gasteiger partial charge in [0, 0.05) is 23.6 Å². The second kappa shape index (κ2) is 5.31. The van der Waals surface area contributed by atoms with Crippen LogP contribution >= 0.6 is 22.9 Å². The van der Waals surface area contributed by atoms with E-state index in [2.05, 4.69) is 17.3 Å². The van der Waals surface area contributed by atoms with Gasteiger partial charge in [0.2, 0.25) is 0 Å². The topological polar surface area (TPSA) is 12.9 Å². The van der Waals surface area contributed by atoms with E-state index >= 15 is 0 Å². The number of halogens is 1. The molecule has 0 unspecified atom stereocenters. The fourth-order valence-electron chi connectivity index (χ4n) is 2.23. The summed E-state index contributed by atoms with van der Waals surface area (Å²) in [5.74, 6) is 2.34. The van der Waals surface area contributed by atoms with Gasteiger partial charge in [0.1, 0.15) is 0 Å². The van der Waals surface area contributed by atoms with Gasteiger partial charge in [-0.25, -0.2) is 4.98 Å². The molecule has 15 heavy (non-hydrogen) atoms. The Bertz CT molecular complexity index is 302. The van der Waals surface area contributed by atoms with E-state index in [1.54, 1.807) is 0 Å². The van der Waals surface area contributed by atoms with Crippen LogP contribution in [0.1, 0.15) is 49.2 Å². The number of nitrogens with zero attached hydrogens (tertiary/aromatic N) is 1. The summed E-state index contributed by atoms with van der Waals surface area (Å²) in [6.45, 7) is 2.36. The molecule has 2 rings (SSSR count). The highest BCUT2D eigenvalue weighted by molar-refractivity contribution is 7.09. The lowest BCUT2D eigenvalue weighted by Crippen LogP contribution is -2.10. The monoisotopic (exact) mass is 243 g/mol. The van der Waals surface area contributed by atoms with Gasteiger partial charge in [-0.15, -0.1) is 22.9 Å². The quantitative estimate of drug-likeness (QED) is 0.725. The van der Waals surface area contributed by atoms with Gasteiger partial charge in [-0.3, -0.25) is 0 Å². The van der Waals surface area contributed by atoms with Crippen LogP contribution in [0.2, 0.25) is 0 Å². The fourth-order valence-corrected chi connectivity index (χ4v) is 3.45. The smallest absolute Gasteiger partial charge is 0.0959 e. The number of aryl methyl sites for hydroxylation is 1. The lowest BCUT2D eigenvalue weighted by molar-refractivity contribution is 0.347. The minimum atomic E-state index is 0.685. The van der Waals surface area contributed by atoms with Crippen molar-refractivity contribution in [1.82, 2.24) is 4.98 Å². The average Bonchev–Trinajstić information content (AvgIpc) is 2.68. The van der Waals surface area contributed by atoms with Gasteiger partial charge in [0.25, 0.3) is 0 Å². The standard InChI is InChI=1S/C12H18ClNS/c1-9-2-4-10(5-3-9)12-14-11(6-7-13)8-15-12/h8-10H,2-7H2,1H3. The molecule has 84 valence electrons. The Labute approximate surface area is 101 Å². The third-order valence-corrected chi connectivity index (χ3v) is 4.53. The Kier molecular flexibility index (Phi) is 4.04. The maximum Gasteiger partial charge on any atom is 0.0959 e. The highest BCUT2D eigenvalue weighted by atomic mass is 35.5. The summed E-state index contributed by atoms with van der Waals surface area (Å²) in [5.41, 5.74) is 1.18. The SMILES string of the molecule is CC1CCC(c2nc(CCCl)cs2)CC1. The van der Waals surface area contributed by atoms with Gasteiger partial charge in [-0.1, -0.05) is 19.8 Å². The zero-order valence-corrected chi connectivity index (χ0v) is 10.8. The molecule has 1 heterocycles. The van der Waals surface area contributed by atoms with Crippen molar-refractivity contribution in [1.29, 1.82) is 0 Å². The molecule has 0 amide bonds. The maximum atomic E-state index is 5.71. The normalized spacial score (nSPS) is 26.8. The van der Waals surface area contributed by atoms with Crippen LogP contribution in [-0.2, 0) is 6.42 Å². The van der Waals surface area contributed by atoms with E-state index in [1.165, 1.54) is 36.4 Å². The maximum absolute atomic E-state index is 5.71. The van der Waals surface area contributed by atoms with E-state index in [4.69, 9.17) is 11.6 Å². The highest BCUT2D eigenvalue weighted by Gasteiger charge is 2.21. The minimum Gasteiger partial charge on any atom is -0.246 e. The molecule has 0 aliphatic heterocycles. The summed E-state index contributed by atoms with van der Waals surface area (Å²) in [5, 5.41) is 3.53. The summed E-state index contributed by atoms with van der Waals surface area (Å²) in [6.07, 6.45) is 6.31. The largest absolute Gasteiger partial charge is 0.246 e. The molecular weight excluding hydrogens is 226 g/mol. The van der Waals surface area contributed by atoms with E-state index in [9.17, 15) is 0 Å². The number of hydrogen-bond acceptors (Lipinski definition) is 2. The molecule has 0 spiro atoms. The molecule has 0 aromatic carbocycles. The molecule has 1 fully saturated rings. The van der Waals surface area contributed by atoms with Crippen molar-refractivity contribution < 1.29 is 0 Å². The highest BCUT2D eigenvalue weighted by Crippen LogP contribution is 2.36. The summed E-state index contributed by atoms with van der Waals surface area (Å²) in [7, 11) is 0. The van der Waals surface area contributed by atoms with Crippen molar-refractivity contribution >= 4 is 22.9 Å². The zero-order chi connectivity index (χ0) is 10.7. The summed E-state index contributed by atoms with van der Waals surface area (Å²) >= 11 is 7.54. The molecule has 1 aliphatic rings. The van der Waals surface area contributed by atoms with Crippen LogP contribution in [0.25, 0.3) is 0 Å². The molecule has 0 radical (unpaired) electrons. The van der Waals surface area contributed by atoms with Gasteiger partial charge in [-0.2, -0.15) is 0 Å². The second-order valence-electron chi connectivity index (χ2n) is 4.57. The molecule has 1 aliphatic carbocycles. The van der Waals surface area contributed by atoms with Crippen LogP contribution in [0.15, 0.2) is 5.38 Å². The van der Waals surface area contributed by atoms with Crippen molar-refractivity contribution in [3.63, 3.8) is 0 Å². The first-order valence-corrected chi connectivity index (χ1v) is 7.21. The average molecular weight is 244 g/mol. The first-order chi connectivity index (χ1) is 7.29. The van der Waals surface area contributed by atoms with E-state index in [0.29, 0.717) is 5.88 Å². The van der Waals surface area contributed by atoms with E-state index in [0.717, 1.165) is 18.3 Å². The van der Waals surface area contributed by atoms with Crippen LogP contribution in [0, 0.1) is 5.92 Å². The minimum absolute atomic E-state index is 0.685. The molecule has 1 saturated carbocycles. The van der Waals surface area contributed by atoms with Gasteiger partial charge >= 0.3 is 0 Å². The molecule has 1 aromatic heterocycles. The fraction of sp³-hybridized carbons (Fsp3) is 0.750. The van der Waals surface area contributed by atoms with Gasteiger partial charge in [0.15, 0.2) is 0 Å². The third-order valence-electron chi connectivity index (χ3n) is 3.29. The molecule has 1 aromatic rings. The summed E-state index contributed by atoms with van der Waals surface area (Å²) in [6, 6.07) is 0. The van der Waals surface area contributed by atoms with Crippen LogP contribution in [0.4, 0.5) is 0 Å². The number of alkyl halides is 1. The van der Waals surface area contributed by atoms with Crippen LogP contribution in [-0.4, -0.2) is 10.9 Å². The van der Waals surface area contributed by atoms with E-state index in [-0.39, 0.29) is 0 Å². The third kappa shape index (κ3) is 2.94. The Morgan fingerprint density at radius 3 is 2.80 bits per heavy atom. The molecule has 0 saturated heterocycles. The molecule has 3 heteroatoms. The van der Waals surface area contributed by atoms with Gasteiger partial charge < -0.3 is 0 Å². The molecule has 0 bridgehead atoms. The predicted molar refractivity (Wildman–Crippen MR) is 66.9 cm³/mol. The van der Waals surface area contributed by atoms with E-state index in [1.807, 2.05) is 11.3 Å². The molecule has 0 atom stereocenters. The number of hydrogen-bond donors (Lipinski definition) is 0. The first kappa shape index (κ1) is 11.4. The Hall–Kier alpha value is -0.0800. The second-order valence-corrected chi connectivity index (χ2v) is 5.84. The van der Waals surface area contributed by atoms with Crippen molar-refractivity contribution in [2.24, 2.45) is 5.92 Å². The summed E-state index contributed by atoms with van der Waals surface area (Å²) in [4.78, 5) is 4.68. The summed E-state index contributed by atoms with van der Waals surface area (Å²) < 4.78 is 0. The Morgan fingerprint density at radius 2 is 2.13 bits per heavy atom. The molecular formula is C12H18ClNS. The first-order valence-electron chi connectivity index (χ1n) is 5.80. The number of rotatable bonds is 3. The van der Waals surface area contributed by atoms with Crippen LogP contribution in [0.3, 0.4) is 0 Å².